The van der Waals surface area contributed by atoms with E-state index in [0.717, 1.165) is 47.9 Å². The van der Waals surface area contributed by atoms with E-state index in [0.29, 0.717) is 19.4 Å². The van der Waals surface area contributed by atoms with Crippen LogP contribution in [0, 0.1) is 5.92 Å². The van der Waals surface area contributed by atoms with Crippen molar-refractivity contribution in [3.8, 4) is 11.1 Å². The van der Waals surface area contributed by atoms with Crippen LogP contribution in [0.1, 0.15) is 62.5 Å². The van der Waals surface area contributed by atoms with Crippen LogP contribution in [0.2, 0.25) is 0 Å². The predicted molar refractivity (Wildman–Crippen MR) is 141 cm³/mol. The van der Waals surface area contributed by atoms with Crippen LogP contribution in [0.3, 0.4) is 0 Å². The molecule has 0 saturated carbocycles. The molecule has 8 heteroatoms. The minimum Gasteiger partial charge on any atom is -0.464 e. The Morgan fingerprint density at radius 3 is 2.27 bits per heavy atom. The van der Waals surface area contributed by atoms with Crippen LogP contribution in [0.4, 0.5) is 4.79 Å². The standard InChI is InChI=1S/C29H37N3O5/c1-2-36-28(34)26-19(16-17-30)10-4-3-5-15-25(27(33)32-26)31-29(35)37-18-24-22-13-8-6-11-20(22)21-12-7-9-14-23(21)24/h6-9,11-14,19,24-26H,2-5,10,15-18,30H2,1H3,(H,31,35)(H,32,33). The molecule has 3 atom stereocenters. The number of alkyl carbamates (subject to hydrolysis) is 1. The number of rotatable bonds is 7. The molecule has 198 valence electrons. The number of amides is 2. The van der Waals surface area contributed by atoms with Crippen molar-refractivity contribution < 1.29 is 23.9 Å². The molecule has 1 aliphatic carbocycles. The SMILES string of the molecule is CCOC(=O)C1NC(=O)C(NC(=O)OCC2c3ccccc3-c3ccccc32)CCCCCC1CCN. The zero-order valence-electron chi connectivity index (χ0n) is 21.4. The molecule has 0 aromatic heterocycles. The number of carbonyl (C=O) groups is 3. The molecule has 4 rings (SSSR count). The number of hydrogen-bond donors (Lipinski definition) is 3. The molecule has 2 aromatic carbocycles. The summed E-state index contributed by atoms with van der Waals surface area (Å²) in [5, 5.41) is 5.59. The van der Waals surface area contributed by atoms with Crippen LogP contribution >= 0.6 is 0 Å². The maximum atomic E-state index is 13.2. The third-order valence-corrected chi connectivity index (χ3v) is 7.37. The second-order valence-corrected chi connectivity index (χ2v) is 9.74. The lowest BCUT2D eigenvalue weighted by Gasteiger charge is -2.29. The fraction of sp³-hybridized carbons (Fsp3) is 0.483. The molecule has 3 unspecified atom stereocenters. The number of nitrogens with one attached hydrogen (secondary N) is 2. The molecule has 1 heterocycles. The highest BCUT2D eigenvalue weighted by molar-refractivity contribution is 5.90. The van der Waals surface area contributed by atoms with Gasteiger partial charge >= 0.3 is 12.1 Å². The highest BCUT2D eigenvalue weighted by Gasteiger charge is 2.34. The van der Waals surface area contributed by atoms with Gasteiger partial charge in [0, 0.05) is 5.92 Å². The molecule has 1 fully saturated rings. The van der Waals surface area contributed by atoms with E-state index in [1.807, 2.05) is 24.3 Å². The number of hydrogen-bond acceptors (Lipinski definition) is 6. The second-order valence-electron chi connectivity index (χ2n) is 9.74. The molecule has 1 aliphatic heterocycles. The molecule has 2 amide bonds. The molecule has 0 bridgehead atoms. The summed E-state index contributed by atoms with van der Waals surface area (Å²) in [6.45, 7) is 2.54. The molecular weight excluding hydrogens is 470 g/mol. The first-order chi connectivity index (χ1) is 18.0. The second kappa shape index (κ2) is 12.7. The average molecular weight is 508 g/mol. The molecule has 0 spiro atoms. The van der Waals surface area contributed by atoms with E-state index in [2.05, 4.69) is 34.9 Å². The minimum atomic E-state index is -0.802. The van der Waals surface area contributed by atoms with Crippen LogP contribution in [-0.2, 0) is 19.1 Å². The first kappa shape index (κ1) is 26.7. The van der Waals surface area contributed by atoms with Gasteiger partial charge in [-0.25, -0.2) is 9.59 Å². The summed E-state index contributed by atoms with van der Waals surface area (Å²) in [5.74, 6) is -1.05. The monoisotopic (exact) mass is 507 g/mol. The van der Waals surface area contributed by atoms with Gasteiger partial charge in [-0.2, -0.15) is 0 Å². The summed E-state index contributed by atoms with van der Waals surface area (Å²) in [5.41, 5.74) is 10.3. The first-order valence-electron chi connectivity index (χ1n) is 13.3. The summed E-state index contributed by atoms with van der Waals surface area (Å²) < 4.78 is 10.9. The number of nitrogens with two attached hydrogens (primary N) is 1. The van der Waals surface area contributed by atoms with Crippen molar-refractivity contribution in [3.63, 3.8) is 0 Å². The highest BCUT2D eigenvalue weighted by Crippen LogP contribution is 2.44. The summed E-state index contributed by atoms with van der Waals surface area (Å²) in [7, 11) is 0. The topological polar surface area (TPSA) is 120 Å². The molecule has 2 aromatic rings. The zero-order chi connectivity index (χ0) is 26.2. The van der Waals surface area contributed by atoms with Gasteiger partial charge < -0.3 is 25.8 Å². The van der Waals surface area contributed by atoms with Crippen molar-refractivity contribution in [2.75, 3.05) is 19.8 Å². The van der Waals surface area contributed by atoms with Gasteiger partial charge in [0.2, 0.25) is 5.91 Å². The lowest BCUT2D eigenvalue weighted by Crippen LogP contribution is -2.54. The number of carbonyl (C=O) groups excluding carboxylic acids is 3. The fourth-order valence-electron chi connectivity index (χ4n) is 5.53. The van der Waals surface area contributed by atoms with E-state index >= 15 is 0 Å². The number of esters is 1. The first-order valence-corrected chi connectivity index (χ1v) is 13.3. The van der Waals surface area contributed by atoms with E-state index in [9.17, 15) is 14.4 Å². The van der Waals surface area contributed by atoms with Crippen LogP contribution in [0.25, 0.3) is 11.1 Å². The molecule has 0 radical (unpaired) electrons. The van der Waals surface area contributed by atoms with Crippen LogP contribution in [-0.4, -0.2) is 49.8 Å². The molecule has 4 N–H and O–H groups in total. The number of fused-ring (bicyclic) bond motifs is 3. The van der Waals surface area contributed by atoms with Crippen molar-refractivity contribution in [2.24, 2.45) is 11.7 Å². The molecule has 2 aliphatic rings. The zero-order valence-corrected chi connectivity index (χ0v) is 21.4. The summed E-state index contributed by atoms with van der Waals surface area (Å²) in [6, 6.07) is 14.7. The van der Waals surface area contributed by atoms with Crippen LogP contribution in [0.5, 0.6) is 0 Å². The Morgan fingerprint density at radius 2 is 1.62 bits per heavy atom. The Balaban J connectivity index is 1.42. The van der Waals surface area contributed by atoms with Gasteiger partial charge in [0.15, 0.2) is 0 Å². The van der Waals surface area contributed by atoms with Gasteiger partial charge in [-0.1, -0.05) is 67.8 Å². The Kier molecular flexibility index (Phi) is 9.17. The van der Waals surface area contributed by atoms with Crippen molar-refractivity contribution in [1.82, 2.24) is 10.6 Å². The Morgan fingerprint density at radius 1 is 0.973 bits per heavy atom. The van der Waals surface area contributed by atoms with Gasteiger partial charge in [-0.05, 0) is 60.9 Å². The lowest BCUT2D eigenvalue weighted by molar-refractivity contribution is -0.149. The summed E-state index contributed by atoms with van der Waals surface area (Å²) >= 11 is 0. The Labute approximate surface area is 218 Å². The Bertz CT molecular complexity index is 1060. The largest absolute Gasteiger partial charge is 0.464 e. The normalized spacial score (nSPS) is 21.8. The van der Waals surface area contributed by atoms with Gasteiger partial charge in [-0.3, -0.25) is 4.79 Å². The van der Waals surface area contributed by atoms with E-state index in [-0.39, 0.29) is 25.0 Å². The lowest BCUT2D eigenvalue weighted by atomic mass is 9.88. The van der Waals surface area contributed by atoms with Gasteiger partial charge in [0.25, 0.3) is 0 Å². The maximum Gasteiger partial charge on any atom is 0.407 e. The highest BCUT2D eigenvalue weighted by atomic mass is 16.5. The van der Waals surface area contributed by atoms with Gasteiger partial charge in [-0.15, -0.1) is 0 Å². The Hall–Kier alpha value is -3.39. The maximum absolute atomic E-state index is 13.2. The molecule has 1 saturated heterocycles. The van der Waals surface area contributed by atoms with E-state index in [1.165, 1.54) is 0 Å². The van der Waals surface area contributed by atoms with Crippen LogP contribution in [0.15, 0.2) is 48.5 Å². The minimum absolute atomic E-state index is 0.0683. The quantitative estimate of drug-likeness (QED) is 0.490. The third kappa shape index (κ3) is 6.31. The van der Waals surface area contributed by atoms with Crippen molar-refractivity contribution >= 4 is 18.0 Å². The average Bonchev–Trinajstić information content (AvgIpc) is 3.22. The fourth-order valence-corrected chi connectivity index (χ4v) is 5.53. The third-order valence-electron chi connectivity index (χ3n) is 7.37. The molecule has 8 nitrogen and oxygen atoms in total. The smallest absolute Gasteiger partial charge is 0.407 e. The number of benzene rings is 2. The van der Waals surface area contributed by atoms with Crippen LogP contribution < -0.4 is 16.4 Å². The van der Waals surface area contributed by atoms with Gasteiger partial charge in [0.1, 0.15) is 18.7 Å². The summed E-state index contributed by atoms with van der Waals surface area (Å²) in [4.78, 5) is 38.7. The van der Waals surface area contributed by atoms with Crippen molar-refractivity contribution in [3.05, 3.63) is 59.7 Å². The molecule has 37 heavy (non-hydrogen) atoms. The van der Waals surface area contributed by atoms with E-state index in [4.69, 9.17) is 15.2 Å². The number of ether oxygens (including phenoxy) is 2. The van der Waals surface area contributed by atoms with Crippen molar-refractivity contribution in [2.45, 2.75) is 63.5 Å². The van der Waals surface area contributed by atoms with E-state index in [1.54, 1.807) is 6.92 Å². The van der Waals surface area contributed by atoms with Crippen molar-refractivity contribution in [1.29, 1.82) is 0 Å². The van der Waals surface area contributed by atoms with Gasteiger partial charge in [0.05, 0.1) is 6.61 Å². The molecular formula is C29H37N3O5. The summed E-state index contributed by atoms with van der Waals surface area (Å²) in [6.07, 6.45) is 3.79. The predicted octanol–water partition coefficient (Wildman–Crippen LogP) is 3.87. The van der Waals surface area contributed by atoms with E-state index < -0.39 is 30.1 Å².